The molecule has 0 radical (unpaired) electrons. The second-order valence-electron chi connectivity index (χ2n) is 8.13. The average molecular weight is 388 g/mol. The number of halogens is 1. The molecule has 5 rings (SSSR count). The summed E-state index contributed by atoms with van der Waals surface area (Å²) in [6, 6.07) is 5.93. The third-order valence-corrected chi connectivity index (χ3v) is 6.45. The predicted molar refractivity (Wildman–Crippen MR) is 100 cm³/mol. The third kappa shape index (κ3) is 3.14. The van der Waals surface area contributed by atoms with Crippen LogP contribution in [0.2, 0.25) is 0 Å². The Hall–Kier alpha value is -2.19. The quantitative estimate of drug-likeness (QED) is 0.797. The number of methoxy groups -OCH3 is 1. The van der Waals surface area contributed by atoms with Crippen molar-refractivity contribution in [1.29, 1.82) is 0 Å². The van der Waals surface area contributed by atoms with Crippen molar-refractivity contribution in [1.82, 2.24) is 15.1 Å². The van der Waals surface area contributed by atoms with Crippen LogP contribution in [0.4, 0.5) is 10.4 Å². The molecule has 8 heteroatoms. The van der Waals surface area contributed by atoms with Gasteiger partial charge in [0.1, 0.15) is 17.2 Å². The normalized spacial score (nSPS) is 25.2. The zero-order chi connectivity index (χ0) is 19.1. The second kappa shape index (κ2) is 7.00. The van der Waals surface area contributed by atoms with Crippen LogP contribution in [0.1, 0.15) is 30.7 Å². The maximum absolute atomic E-state index is 13.5. The molecule has 1 aromatic heterocycles. The van der Waals surface area contributed by atoms with Crippen LogP contribution in [0.3, 0.4) is 0 Å². The van der Waals surface area contributed by atoms with E-state index in [1.54, 1.807) is 7.11 Å². The topological polar surface area (TPSA) is 63.9 Å². The fourth-order valence-electron chi connectivity index (χ4n) is 4.96. The van der Waals surface area contributed by atoms with Crippen LogP contribution in [0, 0.1) is 5.82 Å². The summed E-state index contributed by atoms with van der Waals surface area (Å²) in [5.41, 5.74) is 1.05. The van der Waals surface area contributed by atoms with Gasteiger partial charge in [-0.15, -0.1) is 5.10 Å². The number of rotatable bonds is 4. The monoisotopic (exact) mass is 388 g/mol. The number of benzene rings is 1. The number of anilines is 1. The molecule has 0 aliphatic carbocycles. The summed E-state index contributed by atoms with van der Waals surface area (Å²) >= 11 is 0. The molecule has 1 spiro atoms. The lowest BCUT2D eigenvalue weighted by Crippen LogP contribution is -2.62. The SMILES string of the molecule is COc1cc(F)ccc1C1CCN(C2COC3(C2)CN(c2nnco2)C3)CC1. The van der Waals surface area contributed by atoms with Crippen LogP contribution in [0.25, 0.3) is 0 Å². The summed E-state index contributed by atoms with van der Waals surface area (Å²) < 4.78 is 30.3. The Morgan fingerprint density at radius 1 is 1.25 bits per heavy atom. The molecule has 1 unspecified atom stereocenters. The van der Waals surface area contributed by atoms with Crippen LogP contribution in [-0.2, 0) is 4.74 Å². The minimum Gasteiger partial charge on any atom is -0.496 e. The highest BCUT2D eigenvalue weighted by atomic mass is 19.1. The van der Waals surface area contributed by atoms with Crippen LogP contribution in [-0.4, -0.2) is 66.6 Å². The summed E-state index contributed by atoms with van der Waals surface area (Å²) in [5.74, 6) is 0.832. The number of piperidine rings is 1. The predicted octanol–water partition coefficient (Wildman–Crippen LogP) is 2.44. The van der Waals surface area contributed by atoms with E-state index in [1.807, 2.05) is 6.07 Å². The maximum Gasteiger partial charge on any atom is 0.318 e. The molecular formula is C20H25FN4O3. The van der Waals surface area contributed by atoms with Crippen molar-refractivity contribution >= 4 is 6.01 Å². The first-order chi connectivity index (χ1) is 13.7. The zero-order valence-corrected chi connectivity index (χ0v) is 16.0. The van der Waals surface area contributed by atoms with Crippen molar-refractivity contribution in [2.45, 2.75) is 36.8 Å². The van der Waals surface area contributed by atoms with Crippen LogP contribution >= 0.6 is 0 Å². The number of likely N-dealkylation sites (tertiary alicyclic amines) is 1. The lowest BCUT2D eigenvalue weighted by molar-refractivity contribution is -0.0216. The van der Waals surface area contributed by atoms with E-state index in [2.05, 4.69) is 20.0 Å². The Labute approximate surface area is 163 Å². The molecule has 28 heavy (non-hydrogen) atoms. The number of hydrogen-bond donors (Lipinski definition) is 0. The van der Waals surface area contributed by atoms with Crippen molar-refractivity contribution in [2.24, 2.45) is 0 Å². The second-order valence-corrected chi connectivity index (χ2v) is 8.13. The largest absolute Gasteiger partial charge is 0.496 e. The molecule has 3 aliphatic heterocycles. The summed E-state index contributed by atoms with van der Waals surface area (Å²) in [6.45, 7) is 4.47. The lowest BCUT2D eigenvalue weighted by Gasteiger charge is -2.46. The van der Waals surface area contributed by atoms with Gasteiger partial charge in [0.25, 0.3) is 0 Å². The Morgan fingerprint density at radius 2 is 2.07 bits per heavy atom. The molecule has 4 heterocycles. The zero-order valence-electron chi connectivity index (χ0n) is 16.0. The highest BCUT2D eigenvalue weighted by molar-refractivity contribution is 5.37. The molecule has 7 nitrogen and oxygen atoms in total. The van der Waals surface area contributed by atoms with Gasteiger partial charge >= 0.3 is 6.01 Å². The summed E-state index contributed by atoms with van der Waals surface area (Å²) in [5, 5.41) is 7.71. The van der Waals surface area contributed by atoms with E-state index in [0.717, 1.165) is 57.6 Å². The Balaban J connectivity index is 1.16. The summed E-state index contributed by atoms with van der Waals surface area (Å²) in [6.07, 6.45) is 4.51. The fraction of sp³-hybridized carbons (Fsp3) is 0.600. The number of ether oxygens (including phenoxy) is 2. The van der Waals surface area contributed by atoms with Gasteiger partial charge in [0, 0.05) is 12.1 Å². The lowest BCUT2D eigenvalue weighted by atomic mass is 9.86. The first-order valence-corrected chi connectivity index (χ1v) is 9.88. The molecule has 0 amide bonds. The number of aromatic nitrogens is 2. The molecule has 3 saturated heterocycles. The van der Waals surface area contributed by atoms with Crippen molar-refractivity contribution in [3.8, 4) is 5.75 Å². The average Bonchev–Trinajstić information content (AvgIpc) is 3.37. The molecule has 3 aliphatic rings. The molecule has 0 bridgehead atoms. The smallest absolute Gasteiger partial charge is 0.318 e. The van der Waals surface area contributed by atoms with E-state index in [0.29, 0.717) is 23.7 Å². The van der Waals surface area contributed by atoms with Gasteiger partial charge in [-0.3, -0.25) is 4.90 Å². The van der Waals surface area contributed by atoms with E-state index in [4.69, 9.17) is 13.9 Å². The first-order valence-electron chi connectivity index (χ1n) is 9.88. The van der Waals surface area contributed by atoms with Gasteiger partial charge in [-0.1, -0.05) is 11.2 Å². The van der Waals surface area contributed by atoms with E-state index < -0.39 is 0 Å². The molecule has 150 valence electrons. The van der Waals surface area contributed by atoms with Gasteiger partial charge in [0.05, 0.1) is 26.8 Å². The van der Waals surface area contributed by atoms with Crippen LogP contribution in [0.5, 0.6) is 5.75 Å². The first kappa shape index (κ1) is 17.9. The van der Waals surface area contributed by atoms with Gasteiger partial charge in [0.15, 0.2) is 0 Å². The molecule has 3 fully saturated rings. The molecular weight excluding hydrogens is 363 g/mol. The minimum atomic E-state index is -0.249. The van der Waals surface area contributed by atoms with Crippen molar-refractivity contribution in [3.63, 3.8) is 0 Å². The molecule has 0 N–H and O–H groups in total. The van der Waals surface area contributed by atoms with Gasteiger partial charge in [-0.25, -0.2) is 4.39 Å². The molecule has 1 atom stereocenters. The Kier molecular flexibility index (Phi) is 4.47. The van der Waals surface area contributed by atoms with Gasteiger partial charge < -0.3 is 18.8 Å². The highest BCUT2D eigenvalue weighted by Gasteiger charge is 2.52. The number of hydrogen-bond acceptors (Lipinski definition) is 7. The number of nitrogens with zero attached hydrogens (tertiary/aromatic N) is 4. The van der Waals surface area contributed by atoms with E-state index in [1.165, 1.54) is 18.5 Å². The molecule has 2 aromatic rings. The summed E-state index contributed by atoms with van der Waals surface area (Å²) in [7, 11) is 1.61. The fourth-order valence-corrected chi connectivity index (χ4v) is 4.96. The highest BCUT2D eigenvalue weighted by Crippen LogP contribution is 2.41. The molecule has 1 aromatic carbocycles. The Morgan fingerprint density at radius 3 is 2.79 bits per heavy atom. The molecule has 0 saturated carbocycles. The van der Waals surface area contributed by atoms with E-state index >= 15 is 0 Å². The van der Waals surface area contributed by atoms with Gasteiger partial charge in [-0.2, -0.15) is 0 Å². The van der Waals surface area contributed by atoms with E-state index in [9.17, 15) is 4.39 Å². The maximum atomic E-state index is 13.5. The van der Waals surface area contributed by atoms with Gasteiger partial charge in [-0.05, 0) is 49.9 Å². The van der Waals surface area contributed by atoms with Crippen LogP contribution in [0.15, 0.2) is 29.0 Å². The van der Waals surface area contributed by atoms with Crippen molar-refractivity contribution in [2.75, 3.05) is 44.8 Å². The third-order valence-electron chi connectivity index (χ3n) is 6.45. The standard InChI is InChI=1S/C20H25FN4O3/c1-26-18-8-15(21)2-3-17(18)14-4-6-24(7-5-14)16-9-20(28-10-16)11-25(12-20)19-23-22-13-27-19/h2-3,8,13-14,16H,4-7,9-12H2,1H3. The Bertz CT molecular complexity index is 817. The van der Waals surface area contributed by atoms with E-state index in [-0.39, 0.29) is 11.4 Å². The minimum absolute atomic E-state index is 0.0733. The van der Waals surface area contributed by atoms with Crippen molar-refractivity contribution < 1.29 is 18.3 Å². The van der Waals surface area contributed by atoms with Gasteiger partial charge in [0.2, 0.25) is 6.39 Å². The summed E-state index contributed by atoms with van der Waals surface area (Å²) in [4.78, 5) is 4.62. The van der Waals surface area contributed by atoms with Crippen LogP contribution < -0.4 is 9.64 Å². The van der Waals surface area contributed by atoms with Crippen molar-refractivity contribution in [3.05, 3.63) is 36.0 Å².